The van der Waals surface area contributed by atoms with E-state index >= 15 is 0 Å². The van der Waals surface area contributed by atoms with Crippen LogP contribution in [-0.2, 0) is 38.1 Å². The van der Waals surface area contributed by atoms with Gasteiger partial charge in [-0.3, -0.25) is 4.79 Å². The van der Waals surface area contributed by atoms with E-state index in [1.165, 1.54) is 0 Å². The maximum atomic E-state index is 11.6. The first kappa shape index (κ1) is 15.9. The van der Waals surface area contributed by atoms with Gasteiger partial charge in [-0.1, -0.05) is 24.3 Å². The summed E-state index contributed by atoms with van der Waals surface area (Å²) < 4.78 is 50.4. The van der Waals surface area contributed by atoms with Gasteiger partial charge in [-0.2, -0.15) is 12.7 Å². The summed E-state index contributed by atoms with van der Waals surface area (Å²) in [5.74, 6) is -0.552. The summed E-state index contributed by atoms with van der Waals surface area (Å²) in [5, 5.41) is 0. The SMILES string of the molecule is CS(=O)(=O)NCc1ccc(CN2CC(=O)NS2(=O)=O)cc1. The number of benzene rings is 1. The van der Waals surface area contributed by atoms with E-state index in [9.17, 15) is 21.6 Å². The maximum absolute atomic E-state index is 11.6. The second-order valence-electron chi connectivity index (χ2n) is 4.71. The minimum absolute atomic E-state index is 0.0842. The summed E-state index contributed by atoms with van der Waals surface area (Å²) in [6.45, 7) is 0.0573. The van der Waals surface area contributed by atoms with Crippen LogP contribution in [0.2, 0.25) is 0 Å². The molecule has 1 amide bonds. The monoisotopic (exact) mass is 333 g/mol. The van der Waals surface area contributed by atoms with Crippen molar-refractivity contribution in [1.82, 2.24) is 13.7 Å². The topological polar surface area (TPSA) is 113 Å². The molecule has 1 aromatic carbocycles. The lowest BCUT2D eigenvalue weighted by Crippen LogP contribution is -2.29. The molecule has 0 bridgehead atoms. The molecule has 2 rings (SSSR count). The molecular formula is C11H15N3O5S2. The van der Waals surface area contributed by atoms with Gasteiger partial charge in [0, 0.05) is 13.1 Å². The third-order valence-electron chi connectivity index (χ3n) is 2.82. The molecule has 0 unspecified atom stereocenters. The minimum atomic E-state index is -3.73. The van der Waals surface area contributed by atoms with E-state index in [1.807, 2.05) is 4.72 Å². The number of carbonyl (C=O) groups excluding carboxylic acids is 1. The van der Waals surface area contributed by atoms with E-state index < -0.39 is 26.1 Å². The van der Waals surface area contributed by atoms with Crippen molar-refractivity contribution in [3.05, 3.63) is 35.4 Å². The number of hydrogen-bond acceptors (Lipinski definition) is 5. The molecule has 8 nitrogen and oxygen atoms in total. The Bertz CT molecular complexity index is 741. The zero-order valence-corrected chi connectivity index (χ0v) is 12.9. The molecule has 116 valence electrons. The predicted molar refractivity (Wildman–Crippen MR) is 75.6 cm³/mol. The number of sulfonamides is 1. The molecule has 1 saturated heterocycles. The van der Waals surface area contributed by atoms with Gasteiger partial charge in [-0.15, -0.1) is 0 Å². The van der Waals surface area contributed by atoms with Crippen LogP contribution in [0.15, 0.2) is 24.3 Å². The molecule has 10 heteroatoms. The number of hydrogen-bond donors (Lipinski definition) is 2. The van der Waals surface area contributed by atoms with Crippen molar-refractivity contribution in [2.24, 2.45) is 0 Å². The van der Waals surface area contributed by atoms with Crippen molar-refractivity contribution in [3.63, 3.8) is 0 Å². The fourth-order valence-electron chi connectivity index (χ4n) is 1.81. The van der Waals surface area contributed by atoms with Gasteiger partial charge in [0.2, 0.25) is 15.9 Å². The molecule has 0 spiro atoms. The summed E-state index contributed by atoms with van der Waals surface area (Å²) >= 11 is 0. The zero-order valence-electron chi connectivity index (χ0n) is 11.2. The van der Waals surface area contributed by atoms with Crippen molar-refractivity contribution >= 4 is 26.1 Å². The molecule has 0 aliphatic carbocycles. The number of carbonyl (C=O) groups is 1. The lowest BCUT2D eigenvalue weighted by atomic mass is 10.1. The molecule has 1 heterocycles. The van der Waals surface area contributed by atoms with E-state index in [0.29, 0.717) is 5.56 Å². The molecule has 2 N–H and O–H groups in total. The Morgan fingerprint density at radius 2 is 1.81 bits per heavy atom. The third kappa shape index (κ3) is 4.49. The Hall–Kier alpha value is -1.49. The Labute approximate surface area is 123 Å². The average Bonchev–Trinajstić information content (AvgIpc) is 2.60. The van der Waals surface area contributed by atoms with Crippen molar-refractivity contribution in [2.45, 2.75) is 13.1 Å². The van der Waals surface area contributed by atoms with Gasteiger partial charge in [-0.25, -0.2) is 17.9 Å². The van der Waals surface area contributed by atoms with Crippen LogP contribution in [0, 0.1) is 0 Å². The Morgan fingerprint density at radius 3 is 2.29 bits per heavy atom. The second-order valence-corrected chi connectivity index (χ2v) is 8.21. The van der Waals surface area contributed by atoms with Crippen LogP contribution in [0.1, 0.15) is 11.1 Å². The van der Waals surface area contributed by atoms with Crippen LogP contribution < -0.4 is 9.44 Å². The Morgan fingerprint density at radius 1 is 1.24 bits per heavy atom. The first-order valence-electron chi connectivity index (χ1n) is 5.99. The molecule has 0 atom stereocenters. The van der Waals surface area contributed by atoms with Crippen LogP contribution >= 0.6 is 0 Å². The normalized spacial score (nSPS) is 18.6. The van der Waals surface area contributed by atoms with Crippen LogP contribution in [0.4, 0.5) is 0 Å². The second kappa shape index (κ2) is 5.72. The molecular weight excluding hydrogens is 318 g/mol. The molecule has 0 aromatic heterocycles. The van der Waals surface area contributed by atoms with Gasteiger partial charge in [0.25, 0.3) is 0 Å². The highest BCUT2D eigenvalue weighted by Crippen LogP contribution is 2.13. The summed E-state index contributed by atoms with van der Waals surface area (Å²) in [6, 6.07) is 6.78. The van der Waals surface area contributed by atoms with E-state index in [0.717, 1.165) is 16.1 Å². The van der Waals surface area contributed by atoms with Gasteiger partial charge in [0.15, 0.2) is 0 Å². The fourth-order valence-corrected chi connectivity index (χ4v) is 3.32. The number of nitrogens with zero attached hydrogens (tertiary/aromatic N) is 1. The van der Waals surface area contributed by atoms with E-state index in [4.69, 9.17) is 0 Å². The van der Waals surface area contributed by atoms with Gasteiger partial charge < -0.3 is 0 Å². The van der Waals surface area contributed by atoms with Gasteiger partial charge in [0.05, 0.1) is 12.8 Å². The summed E-state index contributed by atoms with van der Waals surface area (Å²) in [6.07, 6.45) is 1.07. The average molecular weight is 333 g/mol. The largest absolute Gasteiger partial charge is 0.304 e. The molecule has 21 heavy (non-hydrogen) atoms. The van der Waals surface area contributed by atoms with Gasteiger partial charge in [0.1, 0.15) is 0 Å². The van der Waals surface area contributed by atoms with Crippen molar-refractivity contribution in [3.8, 4) is 0 Å². The van der Waals surface area contributed by atoms with Crippen LogP contribution in [0.3, 0.4) is 0 Å². The van der Waals surface area contributed by atoms with Gasteiger partial charge in [-0.05, 0) is 11.1 Å². The van der Waals surface area contributed by atoms with Crippen molar-refractivity contribution in [2.75, 3.05) is 12.8 Å². The lowest BCUT2D eigenvalue weighted by molar-refractivity contribution is -0.118. The van der Waals surface area contributed by atoms with Crippen molar-refractivity contribution < 1.29 is 21.6 Å². The molecule has 0 radical (unpaired) electrons. The first-order chi connectivity index (χ1) is 9.66. The predicted octanol–water partition coefficient (Wildman–Crippen LogP) is -1.09. The molecule has 1 aliphatic heterocycles. The van der Waals surface area contributed by atoms with E-state index in [2.05, 4.69) is 4.72 Å². The molecule has 1 aromatic rings. The third-order valence-corrected chi connectivity index (χ3v) is 4.92. The fraction of sp³-hybridized carbons (Fsp3) is 0.364. The number of amides is 1. The number of rotatable bonds is 5. The minimum Gasteiger partial charge on any atom is -0.272 e. The van der Waals surface area contributed by atoms with Gasteiger partial charge >= 0.3 is 10.2 Å². The van der Waals surface area contributed by atoms with E-state index in [1.54, 1.807) is 24.3 Å². The standard InChI is InChI=1S/C11H15N3O5S2/c1-20(16,17)12-6-9-2-4-10(5-3-9)7-14-8-11(15)13-21(14,18)19/h2-5,12H,6-8H2,1H3,(H,13,15). The van der Waals surface area contributed by atoms with Crippen molar-refractivity contribution in [1.29, 1.82) is 0 Å². The van der Waals surface area contributed by atoms with Crippen LogP contribution in [0.25, 0.3) is 0 Å². The quantitative estimate of drug-likeness (QED) is 0.711. The molecule has 1 aliphatic rings. The Kier molecular flexibility index (Phi) is 4.33. The molecule has 1 fully saturated rings. The summed E-state index contributed by atoms with van der Waals surface area (Å²) in [5.41, 5.74) is 1.46. The number of nitrogens with one attached hydrogen (secondary N) is 2. The summed E-state index contributed by atoms with van der Waals surface area (Å²) in [4.78, 5) is 11.1. The lowest BCUT2D eigenvalue weighted by Gasteiger charge is -2.12. The maximum Gasteiger partial charge on any atom is 0.304 e. The van der Waals surface area contributed by atoms with E-state index in [-0.39, 0.29) is 19.6 Å². The first-order valence-corrected chi connectivity index (χ1v) is 9.32. The Balaban J connectivity index is 2.01. The zero-order chi connectivity index (χ0) is 15.7. The molecule has 0 saturated carbocycles. The van der Waals surface area contributed by atoms with Crippen LogP contribution in [-0.4, -0.2) is 39.8 Å². The smallest absolute Gasteiger partial charge is 0.272 e. The summed E-state index contributed by atoms with van der Waals surface area (Å²) in [7, 11) is -6.99. The highest BCUT2D eigenvalue weighted by atomic mass is 32.2. The van der Waals surface area contributed by atoms with Crippen LogP contribution in [0.5, 0.6) is 0 Å². The highest BCUT2D eigenvalue weighted by molar-refractivity contribution is 7.88. The highest BCUT2D eigenvalue weighted by Gasteiger charge is 2.33.